The molecule has 1 heterocycles. The lowest BCUT2D eigenvalue weighted by atomic mass is 10.2. The minimum absolute atomic E-state index is 0.128. The molecule has 0 unspecified atom stereocenters. The zero-order chi connectivity index (χ0) is 20.3. The third-order valence-corrected chi connectivity index (χ3v) is 5.08. The van der Waals surface area contributed by atoms with E-state index >= 15 is 0 Å². The van der Waals surface area contributed by atoms with Gasteiger partial charge in [0.25, 0.3) is 5.91 Å². The van der Waals surface area contributed by atoms with Crippen LogP contribution in [-0.2, 0) is 0 Å². The molecular formula is C19H16ClN3O4S. The molecule has 0 aliphatic rings. The number of carbonyl (C=O) groups excluding carboxylic acids is 2. The van der Waals surface area contributed by atoms with Gasteiger partial charge in [-0.25, -0.2) is 4.98 Å². The second kappa shape index (κ2) is 8.28. The van der Waals surface area contributed by atoms with E-state index in [-0.39, 0.29) is 16.3 Å². The Morgan fingerprint density at radius 1 is 1.11 bits per heavy atom. The van der Waals surface area contributed by atoms with Gasteiger partial charge >= 0.3 is 0 Å². The van der Waals surface area contributed by atoms with Crippen LogP contribution in [0.25, 0.3) is 10.6 Å². The summed E-state index contributed by atoms with van der Waals surface area (Å²) >= 11 is 7.24. The Bertz CT molecular complexity index is 1050. The number of aromatic nitrogens is 1. The number of amides is 2. The summed E-state index contributed by atoms with van der Waals surface area (Å²) in [6.07, 6.45) is 0. The van der Waals surface area contributed by atoms with Crippen molar-refractivity contribution in [3.8, 4) is 22.1 Å². The maximum atomic E-state index is 12.5. The van der Waals surface area contributed by atoms with Gasteiger partial charge in [-0.3, -0.25) is 9.59 Å². The predicted molar refractivity (Wildman–Crippen MR) is 109 cm³/mol. The molecule has 3 aromatic rings. The van der Waals surface area contributed by atoms with Gasteiger partial charge in [0.1, 0.15) is 10.7 Å². The quantitative estimate of drug-likeness (QED) is 0.634. The summed E-state index contributed by atoms with van der Waals surface area (Å²) in [5, 5.41) is 5.20. The summed E-state index contributed by atoms with van der Waals surface area (Å²) in [7, 11) is 3.11. The van der Waals surface area contributed by atoms with Crippen LogP contribution in [0.15, 0.2) is 41.8 Å². The summed E-state index contributed by atoms with van der Waals surface area (Å²) in [4.78, 5) is 28.2. The minimum atomic E-state index is -0.675. The highest BCUT2D eigenvalue weighted by Gasteiger charge is 2.15. The first kappa shape index (κ1) is 19.7. The average molecular weight is 418 g/mol. The Hall–Kier alpha value is -3.10. The van der Waals surface area contributed by atoms with Crippen molar-refractivity contribution in [3.05, 3.63) is 58.1 Å². The lowest BCUT2D eigenvalue weighted by Gasteiger charge is -2.08. The van der Waals surface area contributed by atoms with E-state index in [0.717, 1.165) is 5.56 Å². The Balaban J connectivity index is 1.81. The van der Waals surface area contributed by atoms with Gasteiger partial charge in [-0.1, -0.05) is 11.6 Å². The summed E-state index contributed by atoms with van der Waals surface area (Å²) in [5.41, 5.74) is 6.83. The largest absolute Gasteiger partial charge is 0.493 e. The Morgan fingerprint density at radius 3 is 2.54 bits per heavy atom. The van der Waals surface area contributed by atoms with Gasteiger partial charge in [-0.2, -0.15) is 0 Å². The molecule has 0 bridgehead atoms. The highest BCUT2D eigenvalue weighted by atomic mass is 35.5. The predicted octanol–water partition coefficient (Wildman–Crippen LogP) is 3.83. The van der Waals surface area contributed by atoms with Crippen LogP contribution < -0.4 is 20.5 Å². The number of nitrogens with one attached hydrogen (secondary N) is 1. The highest BCUT2D eigenvalue weighted by Crippen LogP contribution is 2.33. The molecule has 3 N–H and O–H groups in total. The van der Waals surface area contributed by atoms with Crippen LogP contribution >= 0.6 is 22.9 Å². The lowest BCUT2D eigenvalue weighted by molar-refractivity contribution is 0.0995. The van der Waals surface area contributed by atoms with Crippen molar-refractivity contribution in [3.63, 3.8) is 0 Å². The number of methoxy groups -OCH3 is 2. The van der Waals surface area contributed by atoms with E-state index in [1.54, 1.807) is 37.8 Å². The Morgan fingerprint density at radius 2 is 1.86 bits per heavy atom. The fraction of sp³-hybridized carbons (Fsp3) is 0.105. The molecule has 9 heteroatoms. The molecule has 0 saturated carbocycles. The molecule has 0 fully saturated rings. The van der Waals surface area contributed by atoms with E-state index in [0.29, 0.717) is 22.2 Å². The minimum Gasteiger partial charge on any atom is -0.493 e. The Labute approximate surface area is 170 Å². The van der Waals surface area contributed by atoms with Crippen LogP contribution in [0.3, 0.4) is 0 Å². The normalized spacial score (nSPS) is 10.4. The first-order valence-corrected chi connectivity index (χ1v) is 9.27. The van der Waals surface area contributed by atoms with Gasteiger partial charge in [0.15, 0.2) is 11.5 Å². The monoisotopic (exact) mass is 417 g/mol. The van der Waals surface area contributed by atoms with Crippen LogP contribution in [0.4, 0.5) is 5.69 Å². The third-order valence-electron chi connectivity index (χ3n) is 3.86. The number of benzene rings is 2. The van der Waals surface area contributed by atoms with E-state index in [1.807, 2.05) is 6.07 Å². The molecular weight excluding hydrogens is 402 g/mol. The summed E-state index contributed by atoms with van der Waals surface area (Å²) in [5.74, 6) is 0.0846. The highest BCUT2D eigenvalue weighted by molar-refractivity contribution is 7.13. The molecule has 0 atom stereocenters. The van der Waals surface area contributed by atoms with Crippen molar-refractivity contribution in [1.29, 1.82) is 0 Å². The number of anilines is 1. The summed E-state index contributed by atoms with van der Waals surface area (Å²) < 4.78 is 10.5. The summed E-state index contributed by atoms with van der Waals surface area (Å²) in [6.45, 7) is 0. The molecule has 28 heavy (non-hydrogen) atoms. The molecule has 1 aromatic heterocycles. The topological polar surface area (TPSA) is 104 Å². The van der Waals surface area contributed by atoms with Crippen LogP contribution in [0.2, 0.25) is 5.02 Å². The molecule has 2 aromatic carbocycles. The first-order valence-electron chi connectivity index (χ1n) is 8.01. The maximum Gasteiger partial charge on any atom is 0.275 e. The van der Waals surface area contributed by atoms with Crippen molar-refractivity contribution in [2.45, 2.75) is 0 Å². The SMILES string of the molecule is COc1ccc(-c2nc(C(=O)Nc3ccc(Cl)c(C(N)=O)c3)cs2)cc1OC. The number of thiazole rings is 1. The molecule has 0 saturated heterocycles. The summed E-state index contributed by atoms with van der Waals surface area (Å²) in [6, 6.07) is 9.89. The number of nitrogens with zero attached hydrogens (tertiary/aromatic N) is 1. The van der Waals surface area contributed by atoms with E-state index < -0.39 is 11.8 Å². The molecule has 2 amide bonds. The number of ether oxygens (including phenoxy) is 2. The number of primary amides is 1. The number of halogens is 1. The smallest absolute Gasteiger partial charge is 0.275 e. The lowest BCUT2D eigenvalue weighted by Crippen LogP contribution is -2.15. The van der Waals surface area contributed by atoms with Gasteiger partial charge in [-0.15, -0.1) is 11.3 Å². The number of rotatable bonds is 6. The van der Waals surface area contributed by atoms with E-state index in [9.17, 15) is 9.59 Å². The van der Waals surface area contributed by atoms with Gasteiger partial charge in [0, 0.05) is 16.6 Å². The van der Waals surface area contributed by atoms with Crippen LogP contribution in [-0.4, -0.2) is 31.0 Å². The van der Waals surface area contributed by atoms with E-state index in [4.69, 9.17) is 26.8 Å². The second-order valence-electron chi connectivity index (χ2n) is 5.62. The standard InChI is InChI=1S/C19H16ClN3O4S/c1-26-15-6-3-10(7-16(15)27-2)19-23-14(9-28-19)18(25)22-11-4-5-13(20)12(8-11)17(21)24/h3-9H,1-2H3,(H2,21,24)(H,22,25). The number of carbonyl (C=O) groups is 2. The second-order valence-corrected chi connectivity index (χ2v) is 6.89. The van der Waals surface area contributed by atoms with Crippen molar-refractivity contribution in [1.82, 2.24) is 4.98 Å². The molecule has 0 radical (unpaired) electrons. The van der Waals surface area contributed by atoms with Crippen LogP contribution in [0, 0.1) is 0 Å². The number of hydrogen-bond donors (Lipinski definition) is 2. The molecule has 0 aliphatic carbocycles. The molecule has 0 aliphatic heterocycles. The van der Waals surface area contributed by atoms with Crippen molar-refractivity contribution in [2.24, 2.45) is 5.73 Å². The van der Waals surface area contributed by atoms with E-state index in [1.165, 1.54) is 23.5 Å². The molecule has 0 spiro atoms. The molecule has 3 rings (SSSR count). The van der Waals surface area contributed by atoms with Gasteiger partial charge < -0.3 is 20.5 Å². The van der Waals surface area contributed by atoms with Crippen LogP contribution in [0.5, 0.6) is 11.5 Å². The zero-order valence-corrected chi connectivity index (χ0v) is 16.6. The average Bonchev–Trinajstić information content (AvgIpc) is 3.19. The van der Waals surface area contributed by atoms with Crippen LogP contribution in [0.1, 0.15) is 20.8 Å². The van der Waals surface area contributed by atoms with Gasteiger partial charge in [0.05, 0.1) is 24.8 Å². The van der Waals surface area contributed by atoms with E-state index in [2.05, 4.69) is 10.3 Å². The third kappa shape index (κ3) is 4.08. The van der Waals surface area contributed by atoms with Crippen molar-refractivity contribution < 1.29 is 19.1 Å². The number of nitrogens with two attached hydrogens (primary N) is 1. The fourth-order valence-corrected chi connectivity index (χ4v) is 3.47. The van der Waals surface area contributed by atoms with Crippen molar-refractivity contribution >= 4 is 40.4 Å². The van der Waals surface area contributed by atoms with Gasteiger partial charge in [0.2, 0.25) is 5.91 Å². The molecule has 144 valence electrons. The first-order chi connectivity index (χ1) is 13.4. The maximum absolute atomic E-state index is 12.5. The zero-order valence-electron chi connectivity index (χ0n) is 15.0. The Kier molecular flexibility index (Phi) is 5.81. The molecule has 7 nitrogen and oxygen atoms in total. The van der Waals surface area contributed by atoms with Crippen molar-refractivity contribution in [2.75, 3.05) is 19.5 Å². The fourth-order valence-electron chi connectivity index (χ4n) is 2.47. The number of hydrogen-bond acceptors (Lipinski definition) is 6. The van der Waals surface area contributed by atoms with Gasteiger partial charge in [-0.05, 0) is 36.4 Å².